The van der Waals surface area contributed by atoms with Crippen LogP contribution in [-0.2, 0) is 16.1 Å². The number of rotatable bonds is 4. The van der Waals surface area contributed by atoms with Crippen molar-refractivity contribution in [3.8, 4) is 0 Å². The number of hydrogen-bond donors (Lipinski definition) is 1. The predicted octanol–water partition coefficient (Wildman–Crippen LogP) is 3.80. The first-order valence-electron chi connectivity index (χ1n) is 7.74. The van der Waals surface area contributed by atoms with Gasteiger partial charge in [0, 0.05) is 18.1 Å². The molecule has 130 valence electrons. The average molecular weight is 381 g/mol. The van der Waals surface area contributed by atoms with Crippen molar-refractivity contribution in [3.63, 3.8) is 0 Å². The Morgan fingerprint density at radius 3 is 2.60 bits per heavy atom. The number of carbonyl (C=O) groups is 2. The standard InChI is InChI=1S/C18H15Cl2FN2O2/c19-12-3-6-16(15(20)9-12)23-8-7-14(18(23)25)17(24)22-10-11-1-4-13(21)5-2-11/h1-6,9,14H,7-8,10H2,(H,22,24)/t14-/m0/s1. The monoisotopic (exact) mass is 380 g/mol. The van der Waals surface area contributed by atoms with E-state index < -0.39 is 5.92 Å². The van der Waals surface area contributed by atoms with Crippen LogP contribution in [0.1, 0.15) is 12.0 Å². The fourth-order valence-corrected chi connectivity index (χ4v) is 3.29. The molecule has 1 fully saturated rings. The van der Waals surface area contributed by atoms with Crippen LogP contribution < -0.4 is 10.2 Å². The van der Waals surface area contributed by atoms with Gasteiger partial charge in [0.05, 0.1) is 10.7 Å². The van der Waals surface area contributed by atoms with Crippen molar-refractivity contribution in [2.45, 2.75) is 13.0 Å². The molecule has 1 heterocycles. The van der Waals surface area contributed by atoms with Crippen LogP contribution in [-0.4, -0.2) is 18.4 Å². The quantitative estimate of drug-likeness (QED) is 0.820. The van der Waals surface area contributed by atoms with Crippen LogP contribution in [0.2, 0.25) is 10.0 Å². The number of benzene rings is 2. The van der Waals surface area contributed by atoms with E-state index in [4.69, 9.17) is 23.2 Å². The molecule has 0 bridgehead atoms. The van der Waals surface area contributed by atoms with Gasteiger partial charge in [0.2, 0.25) is 11.8 Å². The summed E-state index contributed by atoms with van der Waals surface area (Å²) in [5, 5.41) is 3.57. The lowest BCUT2D eigenvalue weighted by Crippen LogP contribution is -2.36. The summed E-state index contributed by atoms with van der Waals surface area (Å²) < 4.78 is 12.9. The van der Waals surface area contributed by atoms with Gasteiger partial charge < -0.3 is 10.2 Å². The van der Waals surface area contributed by atoms with Crippen molar-refractivity contribution >= 4 is 40.7 Å². The average Bonchev–Trinajstić information content (AvgIpc) is 2.96. The summed E-state index contributed by atoms with van der Waals surface area (Å²) in [6.45, 7) is 0.652. The van der Waals surface area contributed by atoms with Crippen LogP contribution in [0.4, 0.5) is 10.1 Å². The van der Waals surface area contributed by atoms with Gasteiger partial charge in [-0.15, -0.1) is 0 Å². The molecule has 1 saturated heterocycles. The molecule has 4 nitrogen and oxygen atoms in total. The smallest absolute Gasteiger partial charge is 0.239 e. The maximum absolute atomic E-state index is 12.9. The third kappa shape index (κ3) is 3.94. The van der Waals surface area contributed by atoms with Crippen molar-refractivity contribution < 1.29 is 14.0 Å². The molecule has 1 aliphatic rings. The van der Waals surface area contributed by atoms with Gasteiger partial charge in [0.1, 0.15) is 11.7 Å². The molecule has 3 rings (SSSR count). The predicted molar refractivity (Wildman–Crippen MR) is 95.2 cm³/mol. The lowest BCUT2D eigenvalue weighted by atomic mass is 10.1. The van der Waals surface area contributed by atoms with Gasteiger partial charge in [-0.3, -0.25) is 9.59 Å². The molecule has 0 saturated carbocycles. The van der Waals surface area contributed by atoms with Crippen molar-refractivity contribution in [1.29, 1.82) is 0 Å². The molecule has 25 heavy (non-hydrogen) atoms. The van der Waals surface area contributed by atoms with E-state index in [2.05, 4.69) is 5.32 Å². The summed E-state index contributed by atoms with van der Waals surface area (Å²) in [6, 6.07) is 10.7. The van der Waals surface area contributed by atoms with E-state index in [0.717, 1.165) is 5.56 Å². The number of hydrogen-bond acceptors (Lipinski definition) is 2. The molecule has 2 aromatic carbocycles. The molecule has 2 aromatic rings. The molecule has 1 N–H and O–H groups in total. The van der Waals surface area contributed by atoms with E-state index in [9.17, 15) is 14.0 Å². The molecular weight excluding hydrogens is 366 g/mol. The number of halogens is 3. The normalized spacial score (nSPS) is 17.0. The molecule has 0 aliphatic carbocycles. The lowest BCUT2D eigenvalue weighted by molar-refractivity contribution is -0.132. The molecular formula is C18H15Cl2FN2O2. The Bertz CT molecular complexity index is 811. The second kappa shape index (κ2) is 7.42. The largest absolute Gasteiger partial charge is 0.351 e. The topological polar surface area (TPSA) is 49.4 Å². The minimum absolute atomic E-state index is 0.241. The Labute approximate surface area is 154 Å². The lowest BCUT2D eigenvalue weighted by Gasteiger charge is -2.18. The van der Waals surface area contributed by atoms with Gasteiger partial charge in [-0.25, -0.2) is 4.39 Å². The molecule has 0 unspecified atom stereocenters. The number of anilines is 1. The van der Waals surface area contributed by atoms with Gasteiger partial charge in [-0.1, -0.05) is 35.3 Å². The summed E-state index contributed by atoms with van der Waals surface area (Å²) in [6.07, 6.45) is 0.410. The van der Waals surface area contributed by atoms with Gasteiger partial charge in [0.25, 0.3) is 0 Å². The third-order valence-electron chi connectivity index (χ3n) is 4.10. The van der Waals surface area contributed by atoms with E-state index >= 15 is 0 Å². The molecule has 2 amide bonds. The van der Waals surface area contributed by atoms with Crippen molar-refractivity contribution in [3.05, 3.63) is 63.9 Å². The molecule has 1 atom stereocenters. The van der Waals surface area contributed by atoms with Crippen molar-refractivity contribution in [1.82, 2.24) is 5.32 Å². The second-order valence-corrected chi connectivity index (χ2v) is 6.61. The van der Waals surface area contributed by atoms with Crippen LogP contribution in [0.5, 0.6) is 0 Å². The first-order chi connectivity index (χ1) is 12.0. The minimum atomic E-state index is -0.757. The third-order valence-corrected chi connectivity index (χ3v) is 4.64. The van der Waals surface area contributed by atoms with Crippen LogP contribution >= 0.6 is 23.2 Å². The van der Waals surface area contributed by atoms with Gasteiger partial charge >= 0.3 is 0 Å². The summed E-state index contributed by atoms with van der Waals surface area (Å²) in [7, 11) is 0. The maximum atomic E-state index is 12.9. The highest BCUT2D eigenvalue weighted by Crippen LogP contribution is 2.33. The number of amides is 2. The zero-order chi connectivity index (χ0) is 18.0. The van der Waals surface area contributed by atoms with Gasteiger partial charge in [-0.2, -0.15) is 0 Å². The molecule has 7 heteroatoms. The van der Waals surface area contributed by atoms with E-state index in [0.29, 0.717) is 28.7 Å². The number of nitrogens with zero attached hydrogens (tertiary/aromatic N) is 1. The number of carbonyl (C=O) groups excluding carboxylic acids is 2. The highest BCUT2D eigenvalue weighted by Gasteiger charge is 2.38. The van der Waals surface area contributed by atoms with Gasteiger partial charge in [-0.05, 0) is 42.3 Å². The second-order valence-electron chi connectivity index (χ2n) is 5.77. The highest BCUT2D eigenvalue weighted by atomic mass is 35.5. The Balaban J connectivity index is 1.64. The molecule has 0 spiro atoms. The number of nitrogens with one attached hydrogen (secondary N) is 1. The van der Waals surface area contributed by atoms with Gasteiger partial charge in [0.15, 0.2) is 0 Å². The Kier molecular flexibility index (Phi) is 5.25. The summed E-state index contributed by atoms with van der Waals surface area (Å²) in [5.41, 5.74) is 1.31. The van der Waals surface area contributed by atoms with E-state index in [1.165, 1.54) is 17.0 Å². The molecule has 0 radical (unpaired) electrons. The maximum Gasteiger partial charge on any atom is 0.239 e. The first-order valence-corrected chi connectivity index (χ1v) is 8.50. The van der Waals surface area contributed by atoms with Crippen molar-refractivity contribution in [2.75, 3.05) is 11.4 Å². The van der Waals surface area contributed by atoms with Crippen LogP contribution in [0.3, 0.4) is 0 Å². The Hall–Kier alpha value is -2.11. The zero-order valence-corrected chi connectivity index (χ0v) is 14.6. The minimum Gasteiger partial charge on any atom is -0.351 e. The fraction of sp³-hybridized carbons (Fsp3) is 0.222. The SMILES string of the molecule is O=C(NCc1ccc(F)cc1)[C@@H]1CCN(c2ccc(Cl)cc2Cl)C1=O. The van der Waals surface area contributed by atoms with Crippen LogP contribution in [0.25, 0.3) is 0 Å². The summed E-state index contributed by atoms with van der Waals surface area (Å²) in [5.74, 6) is -1.73. The van der Waals surface area contributed by atoms with E-state index in [1.54, 1.807) is 30.3 Å². The van der Waals surface area contributed by atoms with Crippen LogP contribution in [0.15, 0.2) is 42.5 Å². The highest BCUT2D eigenvalue weighted by molar-refractivity contribution is 6.37. The Morgan fingerprint density at radius 2 is 1.92 bits per heavy atom. The van der Waals surface area contributed by atoms with Crippen molar-refractivity contribution in [2.24, 2.45) is 5.92 Å². The summed E-state index contributed by atoms with van der Waals surface area (Å²) >= 11 is 12.0. The molecule has 0 aromatic heterocycles. The summed E-state index contributed by atoms with van der Waals surface area (Å²) in [4.78, 5) is 26.4. The first kappa shape index (κ1) is 17.7. The zero-order valence-electron chi connectivity index (χ0n) is 13.1. The molecule has 1 aliphatic heterocycles. The fourth-order valence-electron chi connectivity index (χ4n) is 2.78. The Morgan fingerprint density at radius 1 is 1.20 bits per heavy atom. The van der Waals surface area contributed by atoms with E-state index in [-0.39, 0.29) is 24.2 Å². The van der Waals surface area contributed by atoms with Crippen LogP contribution in [0, 0.1) is 11.7 Å². The van der Waals surface area contributed by atoms with E-state index in [1.807, 2.05) is 0 Å².